The molecule has 3 rings (SSSR count). The molecule has 142 valence electrons. The summed E-state index contributed by atoms with van der Waals surface area (Å²) in [5.74, 6) is 1.80. The maximum atomic E-state index is 12.4. The first-order valence-corrected chi connectivity index (χ1v) is 10.1. The predicted molar refractivity (Wildman–Crippen MR) is 104 cm³/mol. The topological polar surface area (TPSA) is 102 Å². The lowest BCUT2D eigenvalue weighted by atomic mass is 10.2. The van der Waals surface area contributed by atoms with Crippen LogP contribution in [0, 0.1) is 13.8 Å². The van der Waals surface area contributed by atoms with Crippen LogP contribution < -0.4 is 10.0 Å². The Kier molecular flexibility index (Phi) is 5.73. The molecule has 0 aliphatic heterocycles. The smallest absolute Gasteiger partial charge is 0.240 e. The van der Waals surface area contributed by atoms with E-state index < -0.39 is 10.0 Å². The maximum absolute atomic E-state index is 12.4. The first-order chi connectivity index (χ1) is 12.8. The molecule has 2 heterocycles. The number of aromatic nitrogens is 4. The van der Waals surface area contributed by atoms with Crippen molar-refractivity contribution in [2.75, 3.05) is 18.4 Å². The number of rotatable bonds is 7. The molecular weight excluding hydrogens is 388 g/mol. The fourth-order valence-corrected chi connectivity index (χ4v) is 4.02. The molecule has 0 fully saturated rings. The molecule has 3 aromatic rings. The van der Waals surface area contributed by atoms with E-state index in [1.165, 1.54) is 6.07 Å². The normalized spacial score (nSPS) is 11.5. The lowest BCUT2D eigenvalue weighted by molar-refractivity contribution is 0.582. The van der Waals surface area contributed by atoms with Crippen molar-refractivity contribution in [2.45, 2.75) is 18.7 Å². The lowest BCUT2D eigenvalue weighted by Gasteiger charge is -2.11. The van der Waals surface area contributed by atoms with Crippen LogP contribution in [0.4, 0.5) is 5.82 Å². The van der Waals surface area contributed by atoms with E-state index in [0.717, 1.165) is 0 Å². The fraction of sp³-hybridized carbons (Fsp3) is 0.235. The van der Waals surface area contributed by atoms with Crippen LogP contribution in [0.25, 0.3) is 5.82 Å². The van der Waals surface area contributed by atoms with Gasteiger partial charge in [-0.3, -0.25) is 0 Å². The van der Waals surface area contributed by atoms with E-state index in [1.807, 2.05) is 0 Å². The van der Waals surface area contributed by atoms with Crippen LogP contribution in [-0.4, -0.2) is 41.3 Å². The summed E-state index contributed by atoms with van der Waals surface area (Å²) in [5.41, 5.74) is 0.634. The summed E-state index contributed by atoms with van der Waals surface area (Å²) in [6, 6.07) is 8.32. The van der Waals surface area contributed by atoms with Crippen molar-refractivity contribution in [1.82, 2.24) is 24.5 Å². The zero-order chi connectivity index (χ0) is 19.4. The molecule has 0 aliphatic carbocycles. The van der Waals surface area contributed by atoms with Crippen LogP contribution in [0.3, 0.4) is 0 Å². The average Bonchev–Trinajstić information content (AvgIpc) is 3.15. The minimum Gasteiger partial charge on any atom is -0.369 e. The third kappa shape index (κ3) is 4.82. The van der Waals surface area contributed by atoms with Gasteiger partial charge in [-0.2, -0.15) is 5.10 Å². The second-order valence-electron chi connectivity index (χ2n) is 5.84. The van der Waals surface area contributed by atoms with Crippen LogP contribution >= 0.6 is 11.6 Å². The van der Waals surface area contributed by atoms with E-state index in [9.17, 15) is 8.42 Å². The molecule has 1 aromatic carbocycles. The van der Waals surface area contributed by atoms with Crippen molar-refractivity contribution in [3.8, 4) is 5.82 Å². The zero-order valence-corrected chi connectivity index (χ0v) is 16.4. The maximum Gasteiger partial charge on any atom is 0.240 e. The molecule has 0 amide bonds. The number of nitrogens with one attached hydrogen (secondary N) is 2. The van der Waals surface area contributed by atoms with E-state index >= 15 is 0 Å². The summed E-state index contributed by atoms with van der Waals surface area (Å²) in [7, 11) is -3.64. The molecule has 10 heteroatoms. The van der Waals surface area contributed by atoms with E-state index in [-0.39, 0.29) is 11.4 Å². The SMILES string of the molecule is Cc1nc(NCCNS(=O)(=O)c2cc(Cl)ccc2C)cc(-n2cccn2)n1. The number of anilines is 1. The Morgan fingerprint density at radius 2 is 1.96 bits per heavy atom. The van der Waals surface area contributed by atoms with Gasteiger partial charge in [-0.25, -0.2) is 27.8 Å². The predicted octanol–water partition coefficient (Wildman–Crippen LogP) is 2.32. The van der Waals surface area contributed by atoms with Gasteiger partial charge in [0.05, 0.1) is 4.90 Å². The summed E-state index contributed by atoms with van der Waals surface area (Å²) < 4.78 is 29.1. The highest BCUT2D eigenvalue weighted by atomic mass is 35.5. The number of hydrogen-bond acceptors (Lipinski definition) is 6. The van der Waals surface area contributed by atoms with Crippen molar-refractivity contribution >= 4 is 27.4 Å². The Balaban J connectivity index is 1.63. The van der Waals surface area contributed by atoms with Crippen LogP contribution in [0.2, 0.25) is 5.02 Å². The first kappa shape index (κ1) is 19.3. The molecule has 0 bridgehead atoms. The van der Waals surface area contributed by atoms with Crippen molar-refractivity contribution in [1.29, 1.82) is 0 Å². The van der Waals surface area contributed by atoms with Gasteiger partial charge in [-0.05, 0) is 37.6 Å². The minimum absolute atomic E-state index is 0.175. The number of halogens is 1. The highest BCUT2D eigenvalue weighted by molar-refractivity contribution is 7.89. The van der Waals surface area contributed by atoms with Gasteiger partial charge in [-0.1, -0.05) is 17.7 Å². The Bertz CT molecular complexity index is 1040. The van der Waals surface area contributed by atoms with Crippen LogP contribution in [-0.2, 0) is 10.0 Å². The standard InChI is InChI=1S/C17H19ClN6O2S/c1-12-4-5-14(18)10-15(12)27(25,26)21-8-7-19-16-11-17(23-13(2)22-16)24-9-3-6-20-24/h3-6,9-11,21H,7-8H2,1-2H3,(H,19,22,23). The van der Waals surface area contributed by atoms with Gasteiger partial charge in [0.25, 0.3) is 0 Å². The van der Waals surface area contributed by atoms with Crippen molar-refractivity contribution in [3.05, 3.63) is 59.1 Å². The van der Waals surface area contributed by atoms with Crippen molar-refractivity contribution in [2.24, 2.45) is 0 Å². The highest BCUT2D eigenvalue weighted by Gasteiger charge is 2.16. The summed E-state index contributed by atoms with van der Waals surface area (Å²) in [6.45, 7) is 4.05. The summed E-state index contributed by atoms with van der Waals surface area (Å²) in [5, 5.41) is 7.61. The third-order valence-corrected chi connectivity index (χ3v) is 5.56. The van der Waals surface area contributed by atoms with E-state index in [1.54, 1.807) is 55.2 Å². The molecule has 2 N–H and O–H groups in total. The summed E-state index contributed by atoms with van der Waals surface area (Å²) in [4.78, 5) is 8.81. The van der Waals surface area contributed by atoms with E-state index in [4.69, 9.17) is 11.6 Å². The second kappa shape index (κ2) is 8.03. The fourth-order valence-electron chi connectivity index (χ4n) is 2.48. The summed E-state index contributed by atoms with van der Waals surface area (Å²) in [6.07, 6.45) is 3.45. The Hall–Kier alpha value is -2.49. The molecule has 0 atom stereocenters. The number of sulfonamides is 1. The van der Waals surface area contributed by atoms with Gasteiger partial charge in [0.15, 0.2) is 5.82 Å². The van der Waals surface area contributed by atoms with E-state index in [0.29, 0.717) is 34.6 Å². The highest BCUT2D eigenvalue weighted by Crippen LogP contribution is 2.19. The van der Waals surface area contributed by atoms with Crippen LogP contribution in [0.5, 0.6) is 0 Å². The molecular formula is C17H19ClN6O2S. The number of aryl methyl sites for hydroxylation is 2. The summed E-state index contributed by atoms with van der Waals surface area (Å²) >= 11 is 5.91. The zero-order valence-electron chi connectivity index (χ0n) is 14.8. The third-order valence-electron chi connectivity index (χ3n) is 3.73. The largest absolute Gasteiger partial charge is 0.369 e. The van der Waals surface area contributed by atoms with Crippen molar-refractivity contribution in [3.63, 3.8) is 0 Å². The molecule has 8 nitrogen and oxygen atoms in total. The Labute approximate surface area is 162 Å². The van der Waals surface area contributed by atoms with Gasteiger partial charge in [0, 0.05) is 36.6 Å². The molecule has 0 saturated heterocycles. The number of nitrogens with zero attached hydrogens (tertiary/aromatic N) is 4. The molecule has 0 aliphatic rings. The van der Waals surface area contributed by atoms with Crippen LogP contribution in [0.15, 0.2) is 47.6 Å². The van der Waals surface area contributed by atoms with Gasteiger partial charge in [-0.15, -0.1) is 0 Å². The van der Waals surface area contributed by atoms with Gasteiger partial charge < -0.3 is 5.32 Å². The molecule has 0 unspecified atom stereocenters. The molecule has 2 aromatic heterocycles. The minimum atomic E-state index is -3.64. The van der Waals surface area contributed by atoms with Crippen LogP contribution in [0.1, 0.15) is 11.4 Å². The molecule has 0 spiro atoms. The molecule has 0 radical (unpaired) electrons. The van der Waals surface area contributed by atoms with Gasteiger partial charge in [0.2, 0.25) is 10.0 Å². The number of benzene rings is 1. The van der Waals surface area contributed by atoms with Gasteiger partial charge in [0.1, 0.15) is 11.6 Å². The molecule has 0 saturated carbocycles. The average molecular weight is 407 g/mol. The Morgan fingerprint density at radius 3 is 2.70 bits per heavy atom. The molecule has 27 heavy (non-hydrogen) atoms. The quantitative estimate of drug-likeness (QED) is 0.584. The lowest BCUT2D eigenvalue weighted by Crippen LogP contribution is -2.29. The second-order valence-corrected chi connectivity index (χ2v) is 8.02. The Morgan fingerprint density at radius 1 is 1.15 bits per heavy atom. The van der Waals surface area contributed by atoms with E-state index in [2.05, 4.69) is 25.1 Å². The monoisotopic (exact) mass is 406 g/mol. The number of hydrogen-bond donors (Lipinski definition) is 2. The van der Waals surface area contributed by atoms with Gasteiger partial charge >= 0.3 is 0 Å². The van der Waals surface area contributed by atoms with Crippen molar-refractivity contribution < 1.29 is 8.42 Å². The first-order valence-electron chi connectivity index (χ1n) is 8.20.